The molecule has 2 rings (SSSR count). The van der Waals surface area contributed by atoms with Gasteiger partial charge in [-0.15, -0.1) is 0 Å². The highest BCUT2D eigenvalue weighted by Crippen LogP contribution is 2.22. The molecule has 86 valence electrons. The fraction of sp³-hybridized carbons (Fsp3) is 0.417. The van der Waals surface area contributed by atoms with Gasteiger partial charge in [0.05, 0.1) is 12.7 Å². The molecule has 1 fully saturated rings. The first kappa shape index (κ1) is 10.9. The molecule has 1 aromatic rings. The molecule has 0 aromatic heterocycles. The molecule has 0 aliphatic carbocycles. The van der Waals surface area contributed by atoms with Gasteiger partial charge in [0.15, 0.2) is 11.6 Å². The Balaban J connectivity index is 2.29. The number of ether oxygens (including phenoxy) is 1. The van der Waals surface area contributed by atoms with Crippen molar-refractivity contribution >= 4 is 5.91 Å². The molecule has 0 spiro atoms. The molecule has 3 nitrogen and oxygen atoms in total. The second-order valence-electron chi connectivity index (χ2n) is 3.82. The summed E-state index contributed by atoms with van der Waals surface area (Å²) in [5, 5.41) is 0. The number of likely N-dealkylation sites (tertiary alicyclic amines) is 1. The van der Waals surface area contributed by atoms with Gasteiger partial charge in [-0.05, 0) is 25.0 Å². The minimum Gasteiger partial charge on any atom is -0.494 e. The number of amides is 1. The maximum Gasteiger partial charge on any atom is 0.256 e. The van der Waals surface area contributed by atoms with E-state index in [-0.39, 0.29) is 17.2 Å². The van der Waals surface area contributed by atoms with Gasteiger partial charge >= 0.3 is 0 Å². The Morgan fingerprint density at radius 3 is 2.69 bits per heavy atom. The van der Waals surface area contributed by atoms with Crippen molar-refractivity contribution in [3.05, 3.63) is 29.6 Å². The Morgan fingerprint density at radius 1 is 1.38 bits per heavy atom. The highest BCUT2D eigenvalue weighted by atomic mass is 19.1. The van der Waals surface area contributed by atoms with Gasteiger partial charge in [0.25, 0.3) is 5.91 Å². The van der Waals surface area contributed by atoms with Crippen LogP contribution in [0.2, 0.25) is 0 Å². The van der Waals surface area contributed by atoms with Crippen molar-refractivity contribution in [1.29, 1.82) is 0 Å². The molecule has 0 bridgehead atoms. The van der Waals surface area contributed by atoms with Crippen molar-refractivity contribution in [2.45, 2.75) is 12.8 Å². The smallest absolute Gasteiger partial charge is 0.256 e. The van der Waals surface area contributed by atoms with Crippen molar-refractivity contribution in [3.8, 4) is 5.75 Å². The first-order chi connectivity index (χ1) is 7.74. The van der Waals surface area contributed by atoms with E-state index in [2.05, 4.69) is 0 Å². The number of nitrogens with zero attached hydrogens (tertiary/aromatic N) is 1. The topological polar surface area (TPSA) is 29.5 Å². The van der Waals surface area contributed by atoms with Gasteiger partial charge in [0.2, 0.25) is 0 Å². The third-order valence-corrected chi connectivity index (χ3v) is 2.81. The Morgan fingerprint density at radius 2 is 2.06 bits per heavy atom. The predicted molar refractivity (Wildman–Crippen MR) is 58.1 cm³/mol. The molecule has 16 heavy (non-hydrogen) atoms. The average Bonchev–Trinajstić information content (AvgIpc) is 2.82. The third-order valence-electron chi connectivity index (χ3n) is 2.81. The van der Waals surface area contributed by atoms with Crippen LogP contribution < -0.4 is 4.74 Å². The summed E-state index contributed by atoms with van der Waals surface area (Å²) >= 11 is 0. The number of methoxy groups -OCH3 is 1. The highest BCUT2D eigenvalue weighted by Gasteiger charge is 2.23. The summed E-state index contributed by atoms with van der Waals surface area (Å²) < 4.78 is 18.7. The number of carbonyl (C=O) groups excluding carboxylic acids is 1. The number of hydrogen-bond acceptors (Lipinski definition) is 2. The average molecular weight is 223 g/mol. The Hall–Kier alpha value is -1.58. The largest absolute Gasteiger partial charge is 0.494 e. The van der Waals surface area contributed by atoms with E-state index in [0.717, 1.165) is 25.9 Å². The zero-order chi connectivity index (χ0) is 11.5. The fourth-order valence-corrected chi connectivity index (χ4v) is 1.92. The summed E-state index contributed by atoms with van der Waals surface area (Å²) in [6.45, 7) is 1.44. The minimum absolute atomic E-state index is 0.0984. The van der Waals surface area contributed by atoms with Crippen molar-refractivity contribution in [3.63, 3.8) is 0 Å². The molecule has 4 heteroatoms. The normalized spacial score (nSPS) is 15.2. The van der Waals surface area contributed by atoms with E-state index >= 15 is 0 Å². The SMILES string of the molecule is COc1cccc(C(=O)N2CCCC2)c1F. The first-order valence-electron chi connectivity index (χ1n) is 5.36. The van der Waals surface area contributed by atoms with E-state index in [1.54, 1.807) is 11.0 Å². The molecule has 0 saturated carbocycles. The molecule has 0 radical (unpaired) electrons. The lowest BCUT2D eigenvalue weighted by Gasteiger charge is -2.16. The van der Waals surface area contributed by atoms with E-state index in [1.807, 2.05) is 0 Å². The zero-order valence-corrected chi connectivity index (χ0v) is 9.20. The van der Waals surface area contributed by atoms with Crippen LogP contribution in [0.5, 0.6) is 5.75 Å². The number of carbonyl (C=O) groups is 1. The Bertz CT molecular complexity index is 400. The van der Waals surface area contributed by atoms with Gasteiger partial charge in [-0.3, -0.25) is 4.79 Å². The van der Waals surface area contributed by atoms with E-state index in [1.165, 1.54) is 19.2 Å². The lowest BCUT2D eigenvalue weighted by molar-refractivity contribution is 0.0787. The zero-order valence-electron chi connectivity index (χ0n) is 9.20. The molecule has 1 heterocycles. The second-order valence-corrected chi connectivity index (χ2v) is 3.82. The van der Waals surface area contributed by atoms with Crippen LogP contribution in [0.15, 0.2) is 18.2 Å². The maximum absolute atomic E-state index is 13.8. The van der Waals surface area contributed by atoms with Crippen molar-refractivity contribution in [2.75, 3.05) is 20.2 Å². The van der Waals surface area contributed by atoms with Crippen LogP contribution in [0.4, 0.5) is 4.39 Å². The Kier molecular flexibility index (Phi) is 3.08. The third kappa shape index (κ3) is 1.87. The van der Waals surface area contributed by atoms with Gasteiger partial charge < -0.3 is 9.64 Å². The Labute approximate surface area is 93.8 Å². The summed E-state index contributed by atoms with van der Waals surface area (Å²) in [6, 6.07) is 4.64. The lowest BCUT2D eigenvalue weighted by atomic mass is 10.1. The number of halogens is 1. The summed E-state index contributed by atoms with van der Waals surface area (Å²) in [5.41, 5.74) is 0.0984. The van der Waals surface area contributed by atoms with Crippen LogP contribution in [0, 0.1) is 5.82 Å². The summed E-state index contributed by atoms with van der Waals surface area (Å²) in [6.07, 6.45) is 1.99. The molecule has 1 aliphatic rings. The second kappa shape index (κ2) is 4.51. The van der Waals surface area contributed by atoms with Crippen LogP contribution in [0.1, 0.15) is 23.2 Å². The quantitative estimate of drug-likeness (QED) is 0.768. The summed E-state index contributed by atoms with van der Waals surface area (Å²) in [5.74, 6) is -0.694. The molecule has 1 aromatic carbocycles. The molecule has 1 aliphatic heterocycles. The van der Waals surface area contributed by atoms with Crippen LogP contribution in [-0.4, -0.2) is 31.0 Å². The molecule has 0 unspecified atom stereocenters. The van der Waals surface area contributed by atoms with E-state index in [4.69, 9.17) is 4.74 Å². The van der Waals surface area contributed by atoms with Crippen LogP contribution in [0.3, 0.4) is 0 Å². The maximum atomic E-state index is 13.8. The molecular weight excluding hydrogens is 209 g/mol. The van der Waals surface area contributed by atoms with Gasteiger partial charge in [-0.2, -0.15) is 0 Å². The summed E-state index contributed by atoms with van der Waals surface area (Å²) in [7, 11) is 1.39. The molecule has 0 N–H and O–H groups in total. The molecule has 1 amide bonds. The van der Waals surface area contributed by atoms with Crippen LogP contribution >= 0.6 is 0 Å². The van der Waals surface area contributed by atoms with Gasteiger partial charge in [0.1, 0.15) is 0 Å². The number of hydrogen-bond donors (Lipinski definition) is 0. The minimum atomic E-state index is -0.568. The number of benzene rings is 1. The van der Waals surface area contributed by atoms with Gasteiger partial charge in [0, 0.05) is 13.1 Å². The predicted octanol–water partition coefficient (Wildman–Crippen LogP) is 2.07. The summed E-state index contributed by atoms with van der Waals surface area (Å²) in [4.78, 5) is 13.6. The first-order valence-corrected chi connectivity index (χ1v) is 5.36. The van der Waals surface area contributed by atoms with E-state index in [9.17, 15) is 9.18 Å². The monoisotopic (exact) mass is 223 g/mol. The van der Waals surface area contributed by atoms with Crippen molar-refractivity contribution in [2.24, 2.45) is 0 Å². The van der Waals surface area contributed by atoms with Crippen molar-refractivity contribution < 1.29 is 13.9 Å². The highest BCUT2D eigenvalue weighted by molar-refractivity contribution is 5.95. The molecule has 0 atom stereocenters. The van der Waals surface area contributed by atoms with Gasteiger partial charge in [-0.25, -0.2) is 4.39 Å². The standard InChI is InChI=1S/C12H14FNO2/c1-16-10-6-4-5-9(11(10)13)12(15)14-7-2-3-8-14/h4-6H,2-3,7-8H2,1H3. The molecular formula is C12H14FNO2. The van der Waals surface area contributed by atoms with Gasteiger partial charge in [-0.1, -0.05) is 6.07 Å². The van der Waals surface area contributed by atoms with Crippen LogP contribution in [-0.2, 0) is 0 Å². The van der Waals surface area contributed by atoms with Crippen LogP contribution in [0.25, 0.3) is 0 Å². The fourth-order valence-electron chi connectivity index (χ4n) is 1.92. The van der Waals surface area contributed by atoms with E-state index < -0.39 is 5.82 Å². The molecule has 1 saturated heterocycles. The van der Waals surface area contributed by atoms with E-state index in [0.29, 0.717) is 0 Å². The lowest BCUT2D eigenvalue weighted by Crippen LogP contribution is -2.28. The number of rotatable bonds is 2. The van der Waals surface area contributed by atoms with Crippen molar-refractivity contribution in [1.82, 2.24) is 4.90 Å².